The van der Waals surface area contributed by atoms with Crippen molar-refractivity contribution in [3.8, 4) is 0 Å². The van der Waals surface area contributed by atoms with Gasteiger partial charge in [-0.25, -0.2) is 0 Å². The Morgan fingerprint density at radius 2 is 1.94 bits per heavy atom. The van der Waals surface area contributed by atoms with Gasteiger partial charge in [0.1, 0.15) is 0 Å². The smallest absolute Gasteiger partial charge is 0.253 e. The van der Waals surface area contributed by atoms with E-state index in [-0.39, 0.29) is 17.9 Å². The van der Waals surface area contributed by atoms with Crippen molar-refractivity contribution in [2.45, 2.75) is 26.0 Å². The van der Waals surface area contributed by atoms with E-state index in [0.29, 0.717) is 6.54 Å². The lowest BCUT2D eigenvalue weighted by Gasteiger charge is -2.23. The van der Waals surface area contributed by atoms with Crippen molar-refractivity contribution in [3.05, 3.63) is 35.9 Å². The Hall–Kier alpha value is -1.39. The number of rotatable bonds is 6. The number of methoxy groups -OCH3 is 1. The lowest BCUT2D eigenvalue weighted by atomic mass is 10.0. The van der Waals surface area contributed by atoms with Gasteiger partial charge in [0.25, 0.3) is 5.91 Å². The molecule has 4 heteroatoms. The summed E-state index contributed by atoms with van der Waals surface area (Å²) in [6.07, 6.45) is -0.571. The molecule has 0 bridgehead atoms. The van der Waals surface area contributed by atoms with Crippen molar-refractivity contribution in [3.63, 3.8) is 0 Å². The number of ether oxygens (including phenoxy) is 1. The van der Waals surface area contributed by atoms with E-state index in [1.807, 2.05) is 44.2 Å². The zero-order chi connectivity index (χ0) is 13.5. The summed E-state index contributed by atoms with van der Waals surface area (Å²) in [5.74, 6) is 0.110. The average Bonchev–Trinajstić information content (AvgIpc) is 2.39. The van der Waals surface area contributed by atoms with Crippen LogP contribution in [0.4, 0.5) is 0 Å². The summed E-state index contributed by atoms with van der Waals surface area (Å²) < 4.78 is 5.27. The summed E-state index contributed by atoms with van der Waals surface area (Å²) in [5, 5.41) is 2.94. The number of hydrogen-bond donors (Lipinski definition) is 2. The largest absolute Gasteiger partial charge is 0.367 e. The molecule has 0 heterocycles. The molecule has 0 saturated heterocycles. The molecule has 1 aromatic rings. The van der Waals surface area contributed by atoms with E-state index < -0.39 is 6.10 Å². The number of nitrogens with two attached hydrogens (primary N) is 1. The molecule has 0 aromatic heterocycles. The summed E-state index contributed by atoms with van der Waals surface area (Å²) in [7, 11) is 1.54. The summed E-state index contributed by atoms with van der Waals surface area (Å²) in [6, 6.07) is 9.48. The molecular weight excluding hydrogens is 228 g/mol. The third-order valence-electron chi connectivity index (χ3n) is 3.17. The number of carbonyl (C=O) groups is 1. The monoisotopic (exact) mass is 250 g/mol. The number of amides is 1. The fourth-order valence-corrected chi connectivity index (χ4v) is 1.67. The minimum atomic E-state index is -0.571. The predicted octanol–water partition coefficient (Wildman–Crippen LogP) is 1.47. The van der Waals surface area contributed by atoms with E-state index in [2.05, 4.69) is 5.32 Å². The second-order valence-corrected chi connectivity index (χ2v) is 4.54. The Kier molecular flexibility index (Phi) is 5.82. The topological polar surface area (TPSA) is 64.3 Å². The van der Waals surface area contributed by atoms with Gasteiger partial charge in [0.05, 0.1) is 0 Å². The minimum absolute atomic E-state index is 0.0314. The minimum Gasteiger partial charge on any atom is -0.367 e. The normalized spacial score (nSPS) is 15.8. The molecule has 0 fully saturated rings. The Morgan fingerprint density at radius 1 is 1.33 bits per heavy atom. The van der Waals surface area contributed by atoms with E-state index in [9.17, 15) is 4.79 Å². The third-order valence-corrected chi connectivity index (χ3v) is 3.17. The quantitative estimate of drug-likeness (QED) is 0.803. The molecule has 3 N–H and O–H groups in total. The first kappa shape index (κ1) is 14.7. The van der Waals surface area contributed by atoms with Crippen LogP contribution in [0.3, 0.4) is 0 Å². The van der Waals surface area contributed by atoms with Gasteiger partial charge in [0.2, 0.25) is 0 Å². The highest BCUT2D eigenvalue weighted by Gasteiger charge is 2.22. The van der Waals surface area contributed by atoms with Gasteiger partial charge in [-0.3, -0.25) is 4.79 Å². The maximum absolute atomic E-state index is 12.1. The van der Waals surface area contributed by atoms with Crippen LogP contribution in [0.25, 0.3) is 0 Å². The number of nitrogens with one attached hydrogen (secondary N) is 1. The summed E-state index contributed by atoms with van der Waals surface area (Å²) in [4.78, 5) is 12.1. The third kappa shape index (κ3) is 3.82. The van der Waals surface area contributed by atoms with E-state index in [1.54, 1.807) is 0 Å². The highest BCUT2D eigenvalue weighted by atomic mass is 16.5. The van der Waals surface area contributed by atoms with Gasteiger partial charge in [-0.1, -0.05) is 37.3 Å². The maximum Gasteiger partial charge on any atom is 0.253 e. The van der Waals surface area contributed by atoms with Crippen LogP contribution in [0.5, 0.6) is 0 Å². The SMILES string of the molecule is COC(C(=O)NC(C)C(C)CN)c1ccccc1. The lowest BCUT2D eigenvalue weighted by Crippen LogP contribution is -2.42. The lowest BCUT2D eigenvalue weighted by molar-refractivity contribution is -0.132. The van der Waals surface area contributed by atoms with Crippen LogP contribution in [0.15, 0.2) is 30.3 Å². The van der Waals surface area contributed by atoms with Gasteiger partial charge in [-0.05, 0) is 24.9 Å². The molecule has 0 aliphatic carbocycles. The van der Waals surface area contributed by atoms with Crippen LogP contribution >= 0.6 is 0 Å². The van der Waals surface area contributed by atoms with Crippen LogP contribution < -0.4 is 11.1 Å². The molecule has 100 valence electrons. The summed E-state index contributed by atoms with van der Waals surface area (Å²) in [5.41, 5.74) is 6.44. The molecule has 3 unspecified atom stereocenters. The van der Waals surface area contributed by atoms with E-state index >= 15 is 0 Å². The van der Waals surface area contributed by atoms with Crippen LogP contribution in [0, 0.1) is 5.92 Å². The van der Waals surface area contributed by atoms with Crippen LogP contribution in [0.1, 0.15) is 25.5 Å². The van der Waals surface area contributed by atoms with Crippen molar-refractivity contribution in [2.75, 3.05) is 13.7 Å². The number of carbonyl (C=O) groups excluding carboxylic acids is 1. The first-order valence-corrected chi connectivity index (χ1v) is 6.18. The standard InChI is InChI=1S/C14H22N2O2/c1-10(9-15)11(2)16-14(17)13(18-3)12-7-5-4-6-8-12/h4-8,10-11,13H,9,15H2,1-3H3,(H,16,17). The van der Waals surface area contributed by atoms with E-state index in [0.717, 1.165) is 5.56 Å². The zero-order valence-corrected chi connectivity index (χ0v) is 11.2. The van der Waals surface area contributed by atoms with Gasteiger partial charge in [-0.15, -0.1) is 0 Å². The van der Waals surface area contributed by atoms with Crippen molar-refractivity contribution < 1.29 is 9.53 Å². The molecular formula is C14H22N2O2. The molecule has 0 aliphatic heterocycles. The van der Waals surface area contributed by atoms with Crippen LogP contribution in [0.2, 0.25) is 0 Å². The first-order chi connectivity index (χ1) is 8.60. The average molecular weight is 250 g/mol. The molecule has 1 amide bonds. The van der Waals surface area contributed by atoms with Crippen LogP contribution in [-0.4, -0.2) is 25.6 Å². The van der Waals surface area contributed by atoms with Gasteiger partial charge >= 0.3 is 0 Å². The molecule has 0 spiro atoms. The molecule has 1 aromatic carbocycles. The number of hydrogen-bond acceptors (Lipinski definition) is 3. The van der Waals surface area contributed by atoms with Crippen molar-refractivity contribution in [2.24, 2.45) is 11.7 Å². The van der Waals surface area contributed by atoms with Crippen molar-refractivity contribution in [1.82, 2.24) is 5.32 Å². The Balaban J connectivity index is 2.69. The summed E-state index contributed by atoms with van der Waals surface area (Å²) in [6.45, 7) is 4.51. The molecule has 1 rings (SSSR count). The fourth-order valence-electron chi connectivity index (χ4n) is 1.67. The summed E-state index contributed by atoms with van der Waals surface area (Å²) >= 11 is 0. The van der Waals surface area contributed by atoms with Crippen molar-refractivity contribution >= 4 is 5.91 Å². The molecule has 4 nitrogen and oxygen atoms in total. The van der Waals surface area contributed by atoms with Crippen molar-refractivity contribution in [1.29, 1.82) is 0 Å². The second-order valence-electron chi connectivity index (χ2n) is 4.54. The molecule has 3 atom stereocenters. The van der Waals surface area contributed by atoms with Gasteiger partial charge in [0, 0.05) is 13.2 Å². The van der Waals surface area contributed by atoms with Gasteiger partial charge in [0.15, 0.2) is 6.10 Å². The predicted molar refractivity (Wildman–Crippen MR) is 72.0 cm³/mol. The fraction of sp³-hybridized carbons (Fsp3) is 0.500. The first-order valence-electron chi connectivity index (χ1n) is 6.18. The van der Waals surface area contributed by atoms with E-state index in [4.69, 9.17) is 10.5 Å². The van der Waals surface area contributed by atoms with Crippen LogP contribution in [-0.2, 0) is 9.53 Å². The van der Waals surface area contributed by atoms with E-state index in [1.165, 1.54) is 7.11 Å². The number of benzene rings is 1. The maximum atomic E-state index is 12.1. The second kappa shape index (κ2) is 7.13. The van der Waals surface area contributed by atoms with Gasteiger partial charge in [-0.2, -0.15) is 0 Å². The molecule has 18 heavy (non-hydrogen) atoms. The Morgan fingerprint density at radius 3 is 2.44 bits per heavy atom. The molecule has 0 aliphatic rings. The molecule has 0 radical (unpaired) electrons. The highest BCUT2D eigenvalue weighted by Crippen LogP contribution is 2.16. The Labute approximate surface area is 109 Å². The zero-order valence-electron chi connectivity index (χ0n) is 11.2. The Bertz CT molecular complexity index is 367. The highest BCUT2D eigenvalue weighted by molar-refractivity contribution is 5.82. The molecule has 0 saturated carbocycles. The van der Waals surface area contributed by atoms with Gasteiger partial charge < -0.3 is 15.8 Å².